The van der Waals surface area contributed by atoms with Crippen LogP contribution in [-0.2, 0) is 17.1 Å². The molecule has 7 nitrogen and oxygen atoms in total. The summed E-state index contributed by atoms with van der Waals surface area (Å²) < 4.78 is 35.6. The van der Waals surface area contributed by atoms with E-state index in [1.165, 1.54) is 3.97 Å². The lowest BCUT2D eigenvalue weighted by molar-refractivity contribution is 0.393. The lowest BCUT2D eigenvalue weighted by Gasteiger charge is -2.13. The van der Waals surface area contributed by atoms with E-state index in [1.54, 1.807) is 17.1 Å². The van der Waals surface area contributed by atoms with Gasteiger partial charge in [-0.2, -0.15) is 5.10 Å². The molecule has 0 bridgehead atoms. The molecule has 1 saturated carbocycles. The van der Waals surface area contributed by atoms with Gasteiger partial charge in [-0.15, -0.1) is 0 Å². The smallest absolute Gasteiger partial charge is 0.241 e. The molecular weight excluding hydrogens is 400 g/mol. The summed E-state index contributed by atoms with van der Waals surface area (Å²) >= 11 is 0. The Labute approximate surface area is 175 Å². The molecule has 0 N–H and O–H groups in total. The first-order valence-electron chi connectivity index (χ1n) is 10.2. The third kappa shape index (κ3) is 2.89. The number of hydrogen-bond donors (Lipinski definition) is 0. The molecule has 0 radical (unpaired) electrons. The van der Waals surface area contributed by atoms with Gasteiger partial charge in [-0.25, -0.2) is 12.4 Å². The zero-order valence-corrected chi connectivity index (χ0v) is 18.1. The predicted molar refractivity (Wildman–Crippen MR) is 116 cm³/mol. The summed E-state index contributed by atoms with van der Waals surface area (Å²) in [6.45, 7) is 3.76. The maximum Gasteiger partial charge on any atom is 0.241 e. The molecule has 0 saturated heterocycles. The molecule has 1 aromatic carbocycles. The van der Waals surface area contributed by atoms with Crippen LogP contribution in [0.25, 0.3) is 33.2 Å². The molecule has 4 aromatic rings. The molecule has 0 unspecified atom stereocenters. The summed E-state index contributed by atoms with van der Waals surface area (Å²) in [7, 11) is -1.65. The number of aryl methyl sites for hydroxylation is 3. The van der Waals surface area contributed by atoms with Crippen LogP contribution in [0.4, 0.5) is 0 Å². The average Bonchev–Trinajstić information content (AvgIpc) is 3.48. The van der Waals surface area contributed by atoms with Crippen molar-refractivity contribution < 1.29 is 12.9 Å². The third-order valence-electron chi connectivity index (χ3n) is 6.11. The summed E-state index contributed by atoms with van der Waals surface area (Å²) in [6.07, 6.45) is 8.78. The van der Waals surface area contributed by atoms with Crippen LogP contribution >= 0.6 is 0 Å². The van der Waals surface area contributed by atoms with E-state index in [0.29, 0.717) is 18.4 Å². The van der Waals surface area contributed by atoms with Crippen LogP contribution in [0.5, 0.6) is 0 Å². The molecule has 1 aliphatic rings. The second-order valence-corrected chi connectivity index (χ2v) is 10.2. The Morgan fingerprint density at radius 2 is 1.87 bits per heavy atom. The van der Waals surface area contributed by atoms with Gasteiger partial charge >= 0.3 is 0 Å². The summed E-state index contributed by atoms with van der Waals surface area (Å²) in [5.41, 5.74) is 5.04. The van der Waals surface area contributed by atoms with Crippen LogP contribution in [0.2, 0.25) is 0 Å². The molecule has 5 rings (SSSR count). The topological polar surface area (TPSA) is 82.9 Å². The summed E-state index contributed by atoms with van der Waals surface area (Å²) in [5.74, 6) is 0.719. The molecule has 0 amide bonds. The van der Waals surface area contributed by atoms with Crippen molar-refractivity contribution in [1.82, 2.24) is 18.9 Å². The van der Waals surface area contributed by atoms with Gasteiger partial charge in [0.2, 0.25) is 10.0 Å². The van der Waals surface area contributed by atoms with Gasteiger partial charge in [0.1, 0.15) is 5.76 Å². The van der Waals surface area contributed by atoms with Gasteiger partial charge in [0, 0.05) is 41.5 Å². The van der Waals surface area contributed by atoms with Crippen LogP contribution in [0.1, 0.15) is 37.1 Å². The Morgan fingerprint density at radius 3 is 2.50 bits per heavy atom. The Kier molecular flexibility index (Phi) is 4.36. The normalized spacial score (nSPS) is 15.4. The third-order valence-corrected chi connectivity index (χ3v) is 8.27. The van der Waals surface area contributed by atoms with Crippen LogP contribution in [0.3, 0.4) is 0 Å². The van der Waals surface area contributed by atoms with Crippen LogP contribution in [-0.4, -0.2) is 32.6 Å². The van der Waals surface area contributed by atoms with Crippen LogP contribution < -0.4 is 0 Å². The Bertz CT molecular complexity index is 1330. The van der Waals surface area contributed by atoms with Crippen LogP contribution in [0.15, 0.2) is 41.3 Å². The molecule has 8 heteroatoms. The minimum atomic E-state index is -3.50. The number of aromatic nitrogens is 4. The van der Waals surface area contributed by atoms with Gasteiger partial charge in [-0.1, -0.05) is 30.1 Å². The number of fused-ring (bicyclic) bond motifs is 1. The minimum Gasteiger partial charge on any atom is -0.361 e. The van der Waals surface area contributed by atoms with Gasteiger partial charge < -0.3 is 4.52 Å². The monoisotopic (exact) mass is 424 g/mol. The Morgan fingerprint density at radius 1 is 1.10 bits per heavy atom. The number of benzene rings is 1. The highest BCUT2D eigenvalue weighted by Gasteiger charge is 2.32. The van der Waals surface area contributed by atoms with E-state index in [2.05, 4.69) is 10.3 Å². The lowest BCUT2D eigenvalue weighted by atomic mass is 10.0. The van der Waals surface area contributed by atoms with Crippen molar-refractivity contribution in [3.05, 3.63) is 48.2 Å². The fourth-order valence-corrected chi connectivity index (χ4v) is 6.52. The fourth-order valence-electron chi connectivity index (χ4n) is 4.60. The molecule has 0 atom stereocenters. The molecule has 30 heavy (non-hydrogen) atoms. The SMILES string of the molecule is Cc1noc(C)c1-c1ccc2c(-c3cnn(C)c3)cn(S(=O)(=O)C3CCCC3)c2c1. The first-order valence-corrected chi connectivity index (χ1v) is 11.7. The van der Waals surface area contributed by atoms with Gasteiger partial charge in [-0.05, 0) is 38.3 Å². The van der Waals surface area contributed by atoms with Crippen molar-refractivity contribution in [2.75, 3.05) is 0 Å². The van der Waals surface area contributed by atoms with Gasteiger partial charge in [0.15, 0.2) is 0 Å². The lowest BCUT2D eigenvalue weighted by Crippen LogP contribution is -2.24. The highest BCUT2D eigenvalue weighted by molar-refractivity contribution is 7.90. The highest BCUT2D eigenvalue weighted by atomic mass is 32.2. The number of hydrogen-bond acceptors (Lipinski definition) is 5. The van der Waals surface area contributed by atoms with Crippen molar-refractivity contribution in [3.63, 3.8) is 0 Å². The van der Waals surface area contributed by atoms with E-state index in [9.17, 15) is 8.42 Å². The second kappa shape index (κ2) is 6.84. The van der Waals surface area contributed by atoms with E-state index in [0.717, 1.165) is 51.9 Å². The van der Waals surface area contributed by atoms with E-state index >= 15 is 0 Å². The Balaban J connectivity index is 1.78. The minimum absolute atomic E-state index is 0.336. The maximum absolute atomic E-state index is 13.5. The molecule has 3 heterocycles. The largest absolute Gasteiger partial charge is 0.361 e. The Hall–Kier alpha value is -2.87. The quantitative estimate of drug-likeness (QED) is 0.484. The average molecular weight is 425 g/mol. The summed E-state index contributed by atoms with van der Waals surface area (Å²) in [4.78, 5) is 0. The molecule has 3 aromatic heterocycles. The fraction of sp³-hybridized carbons (Fsp3) is 0.364. The molecular formula is C22H24N4O3S. The van der Waals surface area contributed by atoms with Crippen molar-refractivity contribution in [1.29, 1.82) is 0 Å². The van der Waals surface area contributed by atoms with E-state index in [1.807, 2.05) is 45.3 Å². The van der Waals surface area contributed by atoms with Crippen molar-refractivity contribution in [2.24, 2.45) is 7.05 Å². The summed E-state index contributed by atoms with van der Waals surface area (Å²) in [6, 6.07) is 5.93. The van der Waals surface area contributed by atoms with E-state index < -0.39 is 10.0 Å². The van der Waals surface area contributed by atoms with Gasteiger partial charge in [0.05, 0.1) is 22.7 Å². The highest BCUT2D eigenvalue weighted by Crippen LogP contribution is 2.37. The van der Waals surface area contributed by atoms with Gasteiger partial charge in [0.25, 0.3) is 0 Å². The van der Waals surface area contributed by atoms with Gasteiger partial charge in [-0.3, -0.25) is 4.68 Å². The van der Waals surface area contributed by atoms with E-state index in [4.69, 9.17) is 4.52 Å². The summed E-state index contributed by atoms with van der Waals surface area (Å²) in [5, 5.41) is 8.87. The first-order chi connectivity index (χ1) is 14.4. The van der Waals surface area contributed by atoms with Crippen molar-refractivity contribution >= 4 is 20.9 Å². The number of rotatable bonds is 4. The predicted octanol–water partition coefficient (Wildman–Crippen LogP) is 4.43. The van der Waals surface area contributed by atoms with E-state index in [-0.39, 0.29) is 5.25 Å². The van der Waals surface area contributed by atoms with Crippen molar-refractivity contribution in [2.45, 2.75) is 44.8 Å². The molecule has 0 aliphatic heterocycles. The molecule has 1 fully saturated rings. The first kappa shape index (κ1) is 19.1. The van der Waals surface area contributed by atoms with Crippen LogP contribution in [0, 0.1) is 13.8 Å². The second-order valence-electron chi connectivity index (χ2n) is 8.12. The zero-order valence-electron chi connectivity index (χ0n) is 17.3. The zero-order chi connectivity index (χ0) is 21.0. The molecule has 0 spiro atoms. The maximum atomic E-state index is 13.5. The standard InChI is InChI=1S/C22H24N4O3S/c1-14-22(15(2)29-24-14)16-8-9-19-20(17-11-23-25(3)12-17)13-26(21(19)10-16)30(27,28)18-6-4-5-7-18/h8-13,18H,4-7H2,1-3H3. The molecule has 1 aliphatic carbocycles. The van der Waals surface area contributed by atoms with Crippen molar-refractivity contribution in [3.8, 4) is 22.3 Å². The molecule has 156 valence electrons. The number of nitrogens with zero attached hydrogens (tertiary/aromatic N) is 4.